The lowest BCUT2D eigenvalue weighted by Crippen LogP contribution is -2.19. The molecule has 2 N–H and O–H groups in total. The third kappa shape index (κ3) is 3.34. The van der Waals surface area contributed by atoms with Gasteiger partial charge in [-0.25, -0.2) is 4.98 Å². The van der Waals surface area contributed by atoms with Gasteiger partial charge in [-0.3, -0.25) is 0 Å². The van der Waals surface area contributed by atoms with Crippen LogP contribution in [0.3, 0.4) is 0 Å². The molecule has 0 unspecified atom stereocenters. The third-order valence-corrected chi connectivity index (χ3v) is 2.73. The normalized spacial score (nSPS) is 14.2. The van der Waals surface area contributed by atoms with Crippen LogP contribution in [-0.2, 0) is 0 Å². The third-order valence-electron chi connectivity index (χ3n) is 2.73. The highest BCUT2D eigenvalue weighted by Crippen LogP contribution is 2.20. The maximum absolute atomic E-state index is 9.96. The van der Waals surface area contributed by atoms with Gasteiger partial charge in [0.1, 0.15) is 17.7 Å². The summed E-state index contributed by atoms with van der Waals surface area (Å²) in [6.07, 6.45) is 1.55. The van der Waals surface area contributed by atoms with E-state index in [1.807, 2.05) is 32.0 Å². The zero-order valence-corrected chi connectivity index (χ0v) is 10.6. The van der Waals surface area contributed by atoms with Crippen LogP contribution in [0.1, 0.15) is 30.9 Å². The van der Waals surface area contributed by atoms with Crippen LogP contribution in [-0.4, -0.2) is 16.1 Å². The molecular weight excluding hydrogens is 228 g/mol. The van der Waals surface area contributed by atoms with E-state index in [0.717, 1.165) is 11.5 Å². The summed E-state index contributed by atoms with van der Waals surface area (Å²) in [5, 5.41) is 13.2. The number of aryl methyl sites for hydroxylation is 1. The molecule has 2 atom stereocenters. The van der Waals surface area contributed by atoms with Crippen molar-refractivity contribution in [2.24, 2.45) is 0 Å². The van der Waals surface area contributed by atoms with Gasteiger partial charge in [0.25, 0.3) is 0 Å². The number of furan rings is 1. The number of hydrogen-bond acceptors (Lipinski definition) is 4. The number of aromatic nitrogens is 1. The first kappa shape index (κ1) is 12.6. The van der Waals surface area contributed by atoms with E-state index in [-0.39, 0.29) is 6.04 Å². The van der Waals surface area contributed by atoms with Gasteiger partial charge in [0.2, 0.25) is 0 Å². The first-order chi connectivity index (χ1) is 8.65. The first-order valence-corrected chi connectivity index (χ1v) is 6.07. The molecule has 0 aliphatic heterocycles. The summed E-state index contributed by atoms with van der Waals surface area (Å²) in [5.41, 5.74) is 0.971. The summed E-state index contributed by atoms with van der Waals surface area (Å²) in [5.74, 6) is 1.43. The molecule has 0 fully saturated rings. The van der Waals surface area contributed by atoms with E-state index in [9.17, 15) is 5.11 Å². The van der Waals surface area contributed by atoms with Crippen molar-refractivity contribution in [1.29, 1.82) is 0 Å². The highest BCUT2D eigenvalue weighted by molar-refractivity contribution is 5.36. The standard InChI is InChI=1S/C14H18N2O2/c1-10-5-3-7-14(15-10)16-11(2)9-12(17)13-6-4-8-18-13/h3-8,11-12,17H,9H2,1-2H3,(H,15,16)/t11-,12-/m1/s1. The van der Waals surface area contributed by atoms with Crippen LogP contribution in [0.5, 0.6) is 0 Å². The predicted molar refractivity (Wildman–Crippen MR) is 70.3 cm³/mol. The lowest BCUT2D eigenvalue weighted by molar-refractivity contribution is 0.136. The molecule has 18 heavy (non-hydrogen) atoms. The zero-order chi connectivity index (χ0) is 13.0. The van der Waals surface area contributed by atoms with Crippen molar-refractivity contribution in [3.05, 3.63) is 48.0 Å². The van der Waals surface area contributed by atoms with Crippen LogP contribution in [0.2, 0.25) is 0 Å². The van der Waals surface area contributed by atoms with Gasteiger partial charge in [0, 0.05) is 18.2 Å². The summed E-state index contributed by atoms with van der Waals surface area (Å²) in [4.78, 5) is 4.37. The van der Waals surface area contributed by atoms with E-state index in [1.54, 1.807) is 18.4 Å². The van der Waals surface area contributed by atoms with Crippen molar-refractivity contribution in [2.45, 2.75) is 32.4 Å². The minimum absolute atomic E-state index is 0.111. The van der Waals surface area contributed by atoms with E-state index >= 15 is 0 Å². The van der Waals surface area contributed by atoms with Gasteiger partial charge in [-0.15, -0.1) is 0 Å². The fourth-order valence-corrected chi connectivity index (χ4v) is 1.87. The molecule has 0 saturated carbocycles. The Morgan fingerprint density at radius 3 is 2.83 bits per heavy atom. The number of anilines is 1. The quantitative estimate of drug-likeness (QED) is 0.851. The molecule has 2 heterocycles. The Morgan fingerprint density at radius 1 is 1.33 bits per heavy atom. The molecule has 0 saturated heterocycles. The summed E-state index contributed by atoms with van der Waals surface area (Å²) < 4.78 is 5.17. The smallest absolute Gasteiger partial charge is 0.132 e. The highest BCUT2D eigenvalue weighted by Gasteiger charge is 2.14. The second kappa shape index (κ2) is 5.69. The molecule has 4 heteroatoms. The van der Waals surface area contributed by atoms with Crippen molar-refractivity contribution in [3.8, 4) is 0 Å². The first-order valence-electron chi connectivity index (χ1n) is 6.07. The molecule has 0 aromatic carbocycles. The molecular formula is C14H18N2O2. The minimum Gasteiger partial charge on any atom is -0.467 e. The number of nitrogens with one attached hydrogen (secondary N) is 1. The second-order valence-corrected chi connectivity index (χ2v) is 4.48. The molecule has 0 aliphatic rings. The molecule has 4 nitrogen and oxygen atoms in total. The van der Waals surface area contributed by atoms with E-state index < -0.39 is 6.10 Å². The van der Waals surface area contributed by atoms with Crippen LogP contribution in [0.25, 0.3) is 0 Å². The molecule has 0 amide bonds. The summed E-state index contributed by atoms with van der Waals surface area (Å²) in [7, 11) is 0. The van der Waals surface area contributed by atoms with Gasteiger partial charge in [0.05, 0.1) is 6.26 Å². The van der Waals surface area contributed by atoms with Gasteiger partial charge >= 0.3 is 0 Å². The molecule has 96 valence electrons. The molecule has 2 aromatic heterocycles. The van der Waals surface area contributed by atoms with E-state index in [0.29, 0.717) is 12.2 Å². The van der Waals surface area contributed by atoms with Crippen LogP contribution in [0.15, 0.2) is 41.0 Å². The van der Waals surface area contributed by atoms with Crippen molar-refractivity contribution in [1.82, 2.24) is 4.98 Å². The van der Waals surface area contributed by atoms with Crippen LogP contribution in [0, 0.1) is 6.92 Å². The molecule has 0 bridgehead atoms. The van der Waals surface area contributed by atoms with Gasteiger partial charge in [-0.05, 0) is 38.1 Å². The Bertz CT molecular complexity index is 482. The largest absolute Gasteiger partial charge is 0.467 e. The SMILES string of the molecule is Cc1cccc(N[C@H](C)C[C@@H](O)c2ccco2)n1. The van der Waals surface area contributed by atoms with Crippen molar-refractivity contribution in [2.75, 3.05) is 5.32 Å². The van der Waals surface area contributed by atoms with Crippen LogP contribution < -0.4 is 5.32 Å². The van der Waals surface area contributed by atoms with Gasteiger partial charge in [-0.2, -0.15) is 0 Å². The topological polar surface area (TPSA) is 58.3 Å². The van der Waals surface area contributed by atoms with Gasteiger partial charge < -0.3 is 14.8 Å². The number of pyridine rings is 1. The van der Waals surface area contributed by atoms with E-state index in [4.69, 9.17) is 4.42 Å². The number of aliphatic hydroxyl groups excluding tert-OH is 1. The second-order valence-electron chi connectivity index (χ2n) is 4.48. The number of rotatable bonds is 5. The number of aliphatic hydroxyl groups is 1. The summed E-state index contributed by atoms with van der Waals surface area (Å²) in [6, 6.07) is 9.50. The molecule has 2 aromatic rings. The fraction of sp³-hybridized carbons (Fsp3) is 0.357. The van der Waals surface area contributed by atoms with Crippen molar-refractivity contribution in [3.63, 3.8) is 0 Å². The average Bonchev–Trinajstić information content (AvgIpc) is 2.81. The van der Waals surface area contributed by atoms with Gasteiger partial charge in [0.15, 0.2) is 0 Å². The summed E-state index contributed by atoms with van der Waals surface area (Å²) >= 11 is 0. The van der Waals surface area contributed by atoms with Crippen molar-refractivity contribution < 1.29 is 9.52 Å². The monoisotopic (exact) mass is 246 g/mol. The molecule has 0 radical (unpaired) electrons. The Balaban J connectivity index is 1.91. The number of hydrogen-bond donors (Lipinski definition) is 2. The average molecular weight is 246 g/mol. The van der Waals surface area contributed by atoms with Crippen molar-refractivity contribution >= 4 is 5.82 Å². The Hall–Kier alpha value is -1.81. The van der Waals surface area contributed by atoms with Gasteiger partial charge in [-0.1, -0.05) is 6.07 Å². The van der Waals surface area contributed by atoms with E-state index in [2.05, 4.69) is 10.3 Å². The maximum Gasteiger partial charge on any atom is 0.132 e. The molecule has 0 spiro atoms. The Labute approximate surface area is 107 Å². The van der Waals surface area contributed by atoms with Crippen LogP contribution >= 0.6 is 0 Å². The number of nitrogens with zero attached hydrogens (tertiary/aromatic N) is 1. The molecule has 0 aliphatic carbocycles. The van der Waals surface area contributed by atoms with Crippen LogP contribution in [0.4, 0.5) is 5.82 Å². The maximum atomic E-state index is 9.96. The summed E-state index contributed by atoms with van der Waals surface area (Å²) in [6.45, 7) is 3.96. The van der Waals surface area contributed by atoms with E-state index in [1.165, 1.54) is 0 Å². The Morgan fingerprint density at radius 2 is 2.17 bits per heavy atom. The lowest BCUT2D eigenvalue weighted by atomic mass is 10.1. The zero-order valence-electron chi connectivity index (χ0n) is 10.6. The Kier molecular flexibility index (Phi) is 3.99. The molecule has 2 rings (SSSR count). The highest BCUT2D eigenvalue weighted by atomic mass is 16.4. The predicted octanol–water partition coefficient (Wildman–Crippen LogP) is 2.91. The fourth-order valence-electron chi connectivity index (χ4n) is 1.87. The lowest BCUT2D eigenvalue weighted by Gasteiger charge is -2.17. The minimum atomic E-state index is -0.590.